The molecule has 0 unspecified atom stereocenters. The van der Waals surface area contributed by atoms with Crippen LogP contribution in [0.15, 0.2) is 6.20 Å². The normalized spacial score (nSPS) is 20.4. The van der Waals surface area contributed by atoms with Gasteiger partial charge in [-0.3, -0.25) is 4.79 Å². The number of aromatic nitrogens is 2. The van der Waals surface area contributed by atoms with Gasteiger partial charge in [0.1, 0.15) is 0 Å². The summed E-state index contributed by atoms with van der Waals surface area (Å²) in [6.45, 7) is 2.05. The number of nitrogens with one attached hydrogen (secondary N) is 1. The number of hydrogen-bond donors (Lipinski definition) is 2. The highest BCUT2D eigenvalue weighted by Gasteiger charge is 2.32. The molecular weight excluding hydrogens is 304 g/mol. The van der Waals surface area contributed by atoms with Gasteiger partial charge < -0.3 is 15.3 Å². The zero-order valence-electron chi connectivity index (χ0n) is 12.5. The second kappa shape index (κ2) is 6.38. The standard InChI is InChI=1S/C15H21ClN4O2/c16-11-9-17-14(20-7-3-4-8-20)19-12(11)13(21)18-10-15(22)5-1-2-6-15/h9,22H,1-8,10H2,(H,18,21). The Kier molecular flexibility index (Phi) is 4.49. The summed E-state index contributed by atoms with van der Waals surface area (Å²) in [5.41, 5.74) is -0.604. The number of aliphatic hydroxyl groups is 1. The summed E-state index contributed by atoms with van der Waals surface area (Å²) in [4.78, 5) is 22.9. The van der Waals surface area contributed by atoms with Gasteiger partial charge in [-0.1, -0.05) is 24.4 Å². The van der Waals surface area contributed by atoms with E-state index in [4.69, 9.17) is 11.6 Å². The van der Waals surface area contributed by atoms with Gasteiger partial charge in [-0.15, -0.1) is 0 Å². The lowest BCUT2D eigenvalue weighted by molar-refractivity contribution is 0.0448. The maximum absolute atomic E-state index is 12.3. The summed E-state index contributed by atoms with van der Waals surface area (Å²) < 4.78 is 0. The van der Waals surface area contributed by atoms with Crippen molar-refractivity contribution in [3.05, 3.63) is 16.9 Å². The first-order valence-electron chi connectivity index (χ1n) is 7.85. The number of halogens is 1. The van der Waals surface area contributed by atoms with Crippen LogP contribution in [0.2, 0.25) is 5.02 Å². The topological polar surface area (TPSA) is 78.3 Å². The van der Waals surface area contributed by atoms with E-state index < -0.39 is 5.60 Å². The molecule has 1 saturated heterocycles. The van der Waals surface area contributed by atoms with E-state index in [0.29, 0.717) is 5.95 Å². The molecule has 2 heterocycles. The van der Waals surface area contributed by atoms with E-state index in [0.717, 1.165) is 51.6 Å². The number of amides is 1. The molecule has 7 heteroatoms. The quantitative estimate of drug-likeness (QED) is 0.882. The lowest BCUT2D eigenvalue weighted by Crippen LogP contribution is -2.41. The molecule has 1 aromatic rings. The van der Waals surface area contributed by atoms with Crippen LogP contribution in [0.5, 0.6) is 0 Å². The second-order valence-corrected chi connectivity index (χ2v) is 6.58. The minimum atomic E-state index is -0.785. The van der Waals surface area contributed by atoms with Crippen LogP contribution in [0.25, 0.3) is 0 Å². The fourth-order valence-electron chi connectivity index (χ4n) is 3.12. The number of anilines is 1. The Morgan fingerprint density at radius 2 is 2.00 bits per heavy atom. The fourth-order valence-corrected chi connectivity index (χ4v) is 3.30. The highest BCUT2D eigenvalue weighted by atomic mass is 35.5. The third-order valence-electron chi connectivity index (χ3n) is 4.45. The summed E-state index contributed by atoms with van der Waals surface area (Å²) in [6.07, 6.45) is 7.15. The van der Waals surface area contributed by atoms with Crippen molar-refractivity contribution in [1.82, 2.24) is 15.3 Å². The SMILES string of the molecule is O=C(NCC1(O)CCCC1)c1nc(N2CCCC2)ncc1Cl. The summed E-state index contributed by atoms with van der Waals surface area (Å²) >= 11 is 6.06. The van der Waals surface area contributed by atoms with Gasteiger partial charge >= 0.3 is 0 Å². The Morgan fingerprint density at radius 3 is 2.68 bits per heavy atom. The number of carbonyl (C=O) groups is 1. The van der Waals surface area contributed by atoms with E-state index in [1.807, 2.05) is 0 Å². The predicted octanol–water partition coefficient (Wildman–Crippen LogP) is 1.77. The zero-order chi connectivity index (χ0) is 15.6. The van der Waals surface area contributed by atoms with Gasteiger partial charge in [-0.2, -0.15) is 0 Å². The van der Waals surface area contributed by atoms with Crippen molar-refractivity contribution < 1.29 is 9.90 Å². The van der Waals surface area contributed by atoms with Crippen molar-refractivity contribution in [3.63, 3.8) is 0 Å². The van der Waals surface area contributed by atoms with E-state index in [2.05, 4.69) is 20.2 Å². The number of hydrogen-bond acceptors (Lipinski definition) is 5. The number of nitrogens with zero attached hydrogens (tertiary/aromatic N) is 3. The zero-order valence-corrected chi connectivity index (χ0v) is 13.3. The maximum atomic E-state index is 12.3. The molecule has 1 amide bonds. The molecule has 22 heavy (non-hydrogen) atoms. The van der Waals surface area contributed by atoms with Gasteiger partial charge in [0.15, 0.2) is 5.69 Å². The van der Waals surface area contributed by atoms with Gasteiger partial charge in [-0.05, 0) is 25.7 Å². The summed E-state index contributed by atoms with van der Waals surface area (Å²) in [5.74, 6) is 0.194. The lowest BCUT2D eigenvalue weighted by Gasteiger charge is -2.22. The van der Waals surface area contributed by atoms with Crippen LogP contribution in [0.3, 0.4) is 0 Å². The molecule has 0 radical (unpaired) electrons. The molecule has 0 bridgehead atoms. The first kappa shape index (κ1) is 15.5. The van der Waals surface area contributed by atoms with E-state index in [9.17, 15) is 9.90 Å². The fraction of sp³-hybridized carbons (Fsp3) is 0.667. The van der Waals surface area contributed by atoms with Crippen molar-refractivity contribution in [2.45, 2.75) is 44.1 Å². The van der Waals surface area contributed by atoms with Crippen LogP contribution in [-0.2, 0) is 0 Å². The minimum absolute atomic E-state index is 0.181. The van der Waals surface area contributed by atoms with Crippen molar-refractivity contribution in [2.75, 3.05) is 24.5 Å². The highest BCUT2D eigenvalue weighted by molar-refractivity contribution is 6.33. The Hall–Kier alpha value is -1.40. The van der Waals surface area contributed by atoms with E-state index in [1.54, 1.807) is 0 Å². The first-order chi connectivity index (χ1) is 10.6. The molecule has 1 aliphatic heterocycles. The van der Waals surface area contributed by atoms with Crippen LogP contribution in [0.1, 0.15) is 49.0 Å². The van der Waals surface area contributed by atoms with Gasteiger partial charge in [0, 0.05) is 19.6 Å². The Labute approximate surface area is 134 Å². The van der Waals surface area contributed by atoms with Crippen LogP contribution in [-0.4, -0.2) is 46.2 Å². The monoisotopic (exact) mass is 324 g/mol. The smallest absolute Gasteiger partial charge is 0.271 e. The molecule has 0 spiro atoms. The van der Waals surface area contributed by atoms with Crippen molar-refractivity contribution in [1.29, 1.82) is 0 Å². The highest BCUT2D eigenvalue weighted by Crippen LogP contribution is 2.28. The van der Waals surface area contributed by atoms with Crippen LogP contribution < -0.4 is 10.2 Å². The van der Waals surface area contributed by atoms with Crippen molar-refractivity contribution in [2.24, 2.45) is 0 Å². The summed E-state index contributed by atoms with van der Waals surface area (Å²) in [5, 5.41) is 13.3. The number of rotatable bonds is 4. The molecule has 3 rings (SSSR count). The predicted molar refractivity (Wildman–Crippen MR) is 84.2 cm³/mol. The van der Waals surface area contributed by atoms with Crippen LogP contribution >= 0.6 is 11.6 Å². The second-order valence-electron chi connectivity index (χ2n) is 6.17. The third kappa shape index (κ3) is 3.33. The Balaban J connectivity index is 1.69. The lowest BCUT2D eigenvalue weighted by atomic mass is 10.0. The average Bonchev–Trinajstić information content (AvgIpc) is 3.17. The molecule has 1 aromatic heterocycles. The molecule has 2 fully saturated rings. The van der Waals surface area contributed by atoms with Gasteiger partial charge in [-0.25, -0.2) is 9.97 Å². The van der Waals surface area contributed by atoms with Crippen molar-refractivity contribution >= 4 is 23.5 Å². The molecule has 1 aliphatic carbocycles. The van der Waals surface area contributed by atoms with Crippen LogP contribution in [0.4, 0.5) is 5.95 Å². The van der Waals surface area contributed by atoms with Crippen LogP contribution in [0, 0.1) is 0 Å². The van der Waals surface area contributed by atoms with Gasteiger partial charge in [0.05, 0.1) is 16.8 Å². The molecule has 120 valence electrons. The Bertz CT molecular complexity index is 554. The minimum Gasteiger partial charge on any atom is -0.388 e. The molecule has 2 N–H and O–H groups in total. The van der Waals surface area contributed by atoms with Gasteiger partial charge in [0.2, 0.25) is 5.95 Å². The first-order valence-corrected chi connectivity index (χ1v) is 8.23. The van der Waals surface area contributed by atoms with E-state index in [-0.39, 0.29) is 23.2 Å². The largest absolute Gasteiger partial charge is 0.388 e. The molecule has 6 nitrogen and oxygen atoms in total. The molecular formula is C15H21ClN4O2. The number of carbonyl (C=O) groups excluding carboxylic acids is 1. The molecule has 0 atom stereocenters. The molecule has 0 aromatic carbocycles. The van der Waals surface area contributed by atoms with Gasteiger partial charge in [0.25, 0.3) is 5.91 Å². The van der Waals surface area contributed by atoms with E-state index in [1.165, 1.54) is 6.20 Å². The molecule has 2 aliphatic rings. The summed E-state index contributed by atoms with van der Waals surface area (Å²) in [6, 6.07) is 0. The van der Waals surface area contributed by atoms with Crippen molar-refractivity contribution in [3.8, 4) is 0 Å². The average molecular weight is 325 g/mol. The molecule has 1 saturated carbocycles. The summed E-state index contributed by atoms with van der Waals surface area (Å²) in [7, 11) is 0. The van der Waals surface area contributed by atoms with E-state index >= 15 is 0 Å². The third-order valence-corrected chi connectivity index (χ3v) is 4.72. The Morgan fingerprint density at radius 1 is 1.32 bits per heavy atom. The maximum Gasteiger partial charge on any atom is 0.271 e.